The van der Waals surface area contributed by atoms with E-state index < -0.39 is 17.9 Å². The molecule has 0 fully saturated rings. The summed E-state index contributed by atoms with van der Waals surface area (Å²) in [5, 5.41) is 23.5. The molecule has 0 aromatic heterocycles. The number of allylic oxidation sites excluding steroid dienone is 1. The summed E-state index contributed by atoms with van der Waals surface area (Å²) in [7, 11) is 0. The molecule has 0 aliphatic heterocycles. The Morgan fingerprint density at radius 3 is 1.83 bits per heavy atom. The number of rotatable bonds is 5. The smallest absolute Gasteiger partial charge is 0.368 e. The summed E-state index contributed by atoms with van der Waals surface area (Å²) in [6.07, 6.45) is 4.67. The zero-order valence-corrected chi connectivity index (χ0v) is 10.1. The van der Waals surface area contributed by atoms with Crippen LogP contribution in [0.1, 0.15) is 26.7 Å². The molecular weight excluding hydrogens is 244 g/mol. The molecule has 3 N–H and O–H groups in total. The van der Waals surface area contributed by atoms with E-state index in [1.54, 1.807) is 13.0 Å². The van der Waals surface area contributed by atoms with Crippen LogP contribution in [0.15, 0.2) is 23.8 Å². The van der Waals surface area contributed by atoms with E-state index in [1.807, 2.05) is 6.92 Å². The van der Waals surface area contributed by atoms with Gasteiger partial charge in [-0.1, -0.05) is 19.4 Å². The molecule has 0 saturated carbocycles. The fourth-order valence-corrected chi connectivity index (χ4v) is 0.659. The predicted octanol–water partition coefficient (Wildman–Crippen LogP) is 1.46. The molecule has 0 atom stereocenters. The molecule has 0 heterocycles. The molecule has 0 saturated heterocycles. The lowest BCUT2D eigenvalue weighted by molar-refractivity contribution is -0.229. The summed E-state index contributed by atoms with van der Waals surface area (Å²) in [5.74, 6) is -3.19. The van der Waals surface area contributed by atoms with Gasteiger partial charge in [0.2, 0.25) is 0 Å². The van der Waals surface area contributed by atoms with Gasteiger partial charge in [-0.05, 0) is 13.3 Å². The lowest BCUT2D eigenvalue weighted by atomic mass is 10.2. The minimum absolute atomic E-state index is 0.448. The Kier molecular flexibility index (Phi) is 11.5. The Morgan fingerprint density at radius 2 is 1.56 bits per heavy atom. The number of carbonyl (C=O) groups excluding carboxylic acids is 1. The van der Waals surface area contributed by atoms with E-state index in [2.05, 4.69) is 4.89 Å². The molecule has 0 aliphatic carbocycles. The molecule has 0 aromatic rings. The van der Waals surface area contributed by atoms with Crippen molar-refractivity contribution in [3.63, 3.8) is 0 Å². The average molecular weight is 260 g/mol. The number of hydrogen-bond donors (Lipinski definition) is 3. The molecule has 7 nitrogen and oxygen atoms in total. The van der Waals surface area contributed by atoms with Crippen molar-refractivity contribution in [2.45, 2.75) is 26.7 Å². The van der Waals surface area contributed by atoms with Crippen LogP contribution >= 0.6 is 0 Å². The number of aliphatic carboxylic acids is 2. The van der Waals surface area contributed by atoms with Gasteiger partial charge < -0.3 is 10.2 Å². The van der Waals surface area contributed by atoms with Gasteiger partial charge in [-0.15, -0.1) is 0 Å². The normalized spacial score (nSPS) is 10.5. The summed E-state index contributed by atoms with van der Waals surface area (Å²) < 4.78 is 0. The lowest BCUT2D eigenvalue weighted by Gasteiger charge is -1.93. The van der Waals surface area contributed by atoms with E-state index in [1.165, 1.54) is 0 Å². The number of hydrogen-bond acceptors (Lipinski definition) is 5. The second kappa shape index (κ2) is 11.3. The summed E-state index contributed by atoms with van der Waals surface area (Å²) in [4.78, 5) is 33.1. The van der Waals surface area contributed by atoms with Crippen LogP contribution in [-0.4, -0.2) is 33.4 Å². The molecule has 0 aromatic carbocycles. The summed E-state index contributed by atoms with van der Waals surface area (Å²) in [5.41, 5.74) is 0.448. The Balaban J connectivity index is 0. The Hall–Kier alpha value is -2.15. The van der Waals surface area contributed by atoms with Crippen molar-refractivity contribution < 1.29 is 34.7 Å². The molecule has 0 radical (unpaired) electrons. The fraction of sp³-hybridized carbons (Fsp3) is 0.364. The van der Waals surface area contributed by atoms with Gasteiger partial charge in [-0.25, -0.2) is 14.4 Å². The van der Waals surface area contributed by atoms with Crippen LogP contribution in [0.2, 0.25) is 0 Å². The Morgan fingerprint density at radius 1 is 1.11 bits per heavy atom. The van der Waals surface area contributed by atoms with Crippen molar-refractivity contribution in [3.05, 3.63) is 23.8 Å². The third kappa shape index (κ3) is 13.8. The minimum atomic E-state index is -1.26. The molecule has 0 bridgehead atoms. The maximum Gasteiger partial charge on any atom is 0.368 e. The van der Waals surface area contributed by atoms with Crippen LogP contribution in [-0.2, 0) is 19.3 Å². The van der Waals surface area contributed by atoms with E-state index in [9.17, 15) is 14.4 Å². The second-order valence-corrected chi connectivity index (χ2v) is 3.06. The number of unbranched alkanes of at least 4 members (excludes halogenated alkanes) is 1. The summed E-state index contributed by atoms with van der Waals surface area (Å²) in [6.45, 7) is 3.61. The number of carboxylic acids is 2. The van der Waals surface area contributed by atoms with E-state index in [4.69, 9.17) is 15.5 Å². The molecule has 0 rings (SSSR count). The molecule has 0 spiro atoms. The lowest BCUT2D eigenvalue weighted by Crippen LogP contribution is -2.01. The molecule has 102 valence electrons. The molecule has 0 aliphatic rings. The first kappa shape index (κ1) is 18.2. The van der Waals surface area contributed by atoms with Gasteiger partial charge in [0, 0.05) is 17.7 Å². The summed E-state index contributed by atoms with van der Waals surface area (Å²) >= 11 is 0. The quantitative estimate of drug-likeness (QED) is 0.388. The molecule has 0 unspecified atom stereocenters. The zero-order chi connectivity index (χ0) is 14.6. The van der Waals surface area contributed by atoms with Crippen molar-refractivity contribution in [1.82, 2.24) is 0 Å². The third-order valence-electron chi connectivity index (χ3n) is 1.51. The van der Waals surface area contributed by atoms with E-state index >= 15 is 0 Å². The van der Waals surface area contributed by atoms with Crippen LogP contribution in [0.5, 0.6) is 0 Å². The molecule has 18 heavy (non-hydrogen) atoms. The van der Waals surface area contributed by atoms with Gasteiger partial charge >= 0.3 is 17.9 Å². The standard InChI is InChI=1S/C7H12O3.C4H4O4/c1-3-4-5-6(2)7(8)10-9;5-3(6)1-2-4(7)8/h5,9H,3-4H2,1-2H3;1-2H,(H,5,6)(H,7,8)/b;2-1-. The molecule has 0 amide bonds. The monoisotopic (exact) mass is 260 g/mol. The number of carboxylic acid groups (broad SMARTS) is 2. The van der Waals surface area contributed by atoms with Crippen LogP contribution in [0.4, 0.5) is 0 Å². The topological polar surface area (TPSA) is 121 Å². The second-order valence-electron chi connectivity index (χ2n) is 3.06. The van der Waals surface area contributed by atoms with Crippen molar-refractivity contribution in [2.75, 3.05) is 0 Å². The Labute approximate surface area is 104 Å². The highest BCUT2D eigenvalue weighted by Crippen LogP contribution is 1.99. The highest BCUT2D eigenvalue weighted by atomic mass is 17.1. The van der Waals surface area contributed by atoms with Crippen molar-refractivity contribution in [1.29, 1.82) is 0 Å². The zero-order valence-electron chi connectivity index (χ0n) is 10.1. The summed E-state index contributed by atoms with van der Waals surface area (Å²) in [6, 6.07) is 0. The highest BCUT2D eigenvalue weighted by Gasteiger charge is 2.02. The van der Waals surface area contributed by atoms with Gasteiger partial charge in [0.15, 0.2) is 0 Å². The maximum atomic E-state index is 10.5. The van der Waals surface area contributed by atoms with Gasteiger partial charge in [0.05, 0.1) is 0 Å². The van der Waals surface area contributed by atoms with Crippen molar-refractivity contribution >= 4 is 17.9 Å². The van der Waals surface area contributed by atoms with Crippen molar-refractivity contribution in [2.24, 2.45) is 0 Å². The average Bonchev–Trinajstić information content (AvgIpc) is 2.33. The van der Waals surface area contributed by atoms with Gasteiger partial charge in [0.1, 0.15) is 0 Å². The third-order valence-corrected chi connectivity index (χ3v) is 1.51. The highest BCUT2D eigenvalue weighted by molar-refractivity contribution is 5.89. The minimum Gasteiger partial charge on any atom is -0.478 e. The number of carbonyl (C=O) groups is 3. The first-order valence-electron chi connectivity index (χ1n) is 5.01. The van der Waals surface area contributed by atoms with Crippen LogP contribution in [0.3, 0.4) is 0 Å². The maximum absolute atomic E-state index is 10.5. The van der Waals surface area contributed by atoms with E-state index in [0.717, 1.165) is 12.8 Å². The van der Waals surface area contributed by atoms with Gasteiger partial charge in [-0.2, -0.15) is 5.26 Å². The van der Waals surface area contributed by atoms with Crippen LogP contribution in [0, 0.1) is 0 Å². The van der Waals surface area contributed by atoms with Crippen LogP contribution in [0.25, 0.3) is 0 Å². The van der Waals surface area contributed by atoms with E-state index in [-0.39, 0.29) is 0 Å². The SMILES string of the molecule is CCCC=C(C)C(=O)OO.O=C(O)/C=C\C(=O)O. The largest absolute Gasteiger partial charge is 0.478 e. The van der Waals surface area contributed by atoms with Crippen molar-refractivity contribution in [3.8, 4) is 0 Å². The van der Waals surface area contributed by atoms with Gasteiger partial charge in [-0.3, -0.25) is 4.89 Å². The predicted molar refractivity (Wildman–Crippen MR) is 61.8 cm³/mol. The molecule has 7 heteroatoms. The first-order chi connectivity index (χ1) is 8.34. The fourth-order valence-electron chi connectivity index (χ4n) is 0.659. The van der Waals surface area contributed by atoms with Gasteiger partial charge in [0.25, 0.3) is 0 Å². The Bertz CT molecular complexity index is 325. The first-order valence-corrected chi connectivity index (χ1v) is 5.01. The van der Waals surface area contributed by atoms with Crippen LogP contribution < -0.4 is 0 Å². The van der Waals surface area contributed by atoms with E-state index in [0.29, 0.717) is 17.7 Å². The molecular formula is C11H16O7.